The summed E-state index contributed by atoms with van der Waals surface area (Å²) in [5.41, 5.74) is 1.32. The van der Waals surface area contributed by atoms with Gasteiger partial charge in [-0.15, -0.1) is 0 Å². The highest BCUT2D eigenvalue weighted by atomic mass is 79.9. The summed E-state index contributed by atoms with van der Waals surface area (Å²) in [7, 11) is 0. The van der Waals surface area contributed by atoms with E-state index in [-0.39, 0.29) is 11.9 Å². The molecule has 1 saturated heterocycles. The van der Waals surface area contributed by atoms with Gasteiger partial charge in [-0.1, -0.05) is 28.1 Å². The molecule has 1 aromatic carbocycles. The lowest BCUT2D eigenvalue weighted by molar-refractivity contribution is -0.122. The Bertz CT molecular complexity index is 441. The average Bonchev–Trinajstić information content (AvgIpc) is 2.98. The van der Waals surface area contributed by atoms with Crippen LogP contribution in [0.2, 0.25) is 0 Å². The molecule has 1 heterocycles. The number of amides is 1. The molecule has 0 spiro atoms. The van der Waals surface area contributed by atoms with Crippen molar-refractivity contribution >= 4 is 21.8 Å². The summed E-state index contributed by atoms with van der Waals surface area (Å²) < 4.78 is 1.11. The minimum Gasteiger partial charge on any atom is -0.354 e. The van der Waals surface area contributed by atoms with E-state index in [4.69, 9.17) is 0 Å². The summed E-state index contributed by atoms with van der Waals surface area (Å²) in [5.74, 6) is 0.888. The Morgan fingerprint density at radius 2 is 2.19 bits per heavy atom. The third-order valence-corrected chi connectivity index (χ3v) is 4.66. The predicted octanol–water partition coefficient (Wildman–Crippen LogP) is 3.28. The van der Waals surface area contributed by atoms with Gasteiger partial charge in [0.05, 0.1) is 0 Å². The van der Waals surface area contributed by atoms with Gasteiger partial charge in [0.25, 0.3) is 0 Å². The topological polar surface area (TPSA) is 41.1 Å². The van der Waals surface area contributed by atoms with Crippen molar-refractivity contribution in [2.24, 2.45) is 5.92 Å². The van der Waals surface area contributed by atoms with Gasteiger partial charge in [0.2, 0.25) is 5.91 Å². The maximum absolute atomic E-state index is 11.9. The molecule has 0 aromatic heterocycles. The number of benzene rings is 1. The molecule has 0 saturated carbocycles. The van der Waals surface area contributed by atoms with Gasteiger partial charge in [-0.2, -0.15) is 0 Å². The molecule has 116 valence electrons. The van der Waals surface area contributed by atoms with Crippen LogP contribution in [-0.2, 0) is 11.2 Å². The summed E-state index contributed by atoms with van der Waals surface area (Å²) in [6, 6.07) is 8.63. The molecule has 1 amide bonds. The Morgan fingerprint density at radius 1 is 1.43 bits per heavy atom. The molecule has 3 nitrogen and oxygen atoms in total. The second-order valence-corrected chi connectivity index (χ2v) is 6.95. The first-order valence-electron chi connectivity index (χ1n) is 7.88. The summed E-state index contributed by atoms with van der Waals surface area (Å²) in [6.45, 7) is 4.27. The molecule has 4 heteroatoms. The molecule has 2 atom stereocenters. The number of hydrogen-bond donors (Lipinski definition) is 2. The second kappa shape index (κ2) is 8.54. The molecule has 1 aromatic rings. The van der Waals surface area contributed by atoms with E-state index >= 15 is 0 Å². The van der Waals surface area contributed by atoms with E-state index in [0.29, 0.717) is 12.3 Å². The van der Waals surface area contributed by atoms with E-state index in [1.54, 1.807) is 0 Å². The molecule has 1 aliphatic rings. The van der Waals surface area contributed by atoms with E-state index in [1.165, 1.54) is 12.0 Å². The maximum atomic E-state index is 11.9. The fourth-order valence-electron chi connectivity index (χ4n) is 2.75. The first-order chi connectivity index (χ1) is 10.1. The van der Waals surface area contributed by atoms with Crippen molar-refractivity contribution in [3.05, 3.63) is 34.3 Å². The predicted molar refractivity (Wildman–Crippen MR) is 90.3 cm³/mol. The molecule has 2 unspecified atom stereocenters. The standard InChI is InChI=1S/C17H25BrN2O/c1-13(2-3-14-4-7-16(18)8-5-14)20-17(21)9-6-15-10-11-19-12-15/h4-5,7-8,13,15,19H,2-3,6,9-12H2,1H3,(H,20,21). The smallest absolute Gasteiger partial charge is 0.220 e. The molecule has 1 aliphatic heterocycles. The number of aryl methyl sites for hydroxylation is 1. The van der Waals surface area contributed by atoms with Crippen molar-refractivity contribution in [2.45, 2.75) is 45.1 Å². The second-order valence-electron chi connectivity index (χ2n) is 6.03. The van der Waals surface area contributed by atoms with Gasteiger partial charge in [-0.05, 0) is 69.3 Å². The Labute approximate surface area is 136 Å². The highest BCUT2D eigenvalue weighted by Crippen LogP contribution is 2.15. The summed E-state index contributed by atoms with van der Waals surface area (Å²) >= 11 is 3.44. The van der Waals surface area contributed by atoms with E-state index in [9.17, 15) is 4.79 Å². The monoisotopic (exact) mass is 352 g/mol. The summed E-state index contributed by atoms with van der Waals surface area (Å²) in [5, 5.41) is 6.46. The lowest BCUT2D eigenvalue weighted by atomic mass is 10.0. The van der Waals surface area contributed by atoms with Gasteiger partial charge in [-0.25, -0.2) is 0 Å². The Balaban J connectivity index is 1.62. The zero-order chi connectivity index (χ0) is 15.1. The fraction of sp³-hybridized carbons (Fsp3) is 0.588. The van der Waals surface area contributed by atoms with Gasteiger partial charge >= 0.3 is 0 Å². The van der Waals surface area contributed by atoms with E-state index in [1.807, 2.05) is 0 Å². The van der Waals surface area contributed by atoms with Crippen LogP contribution in [0.3, 0.4) is 0 Å². The number of carbonyl (C=O) groups is 1. The third kappa shape index (κ3) is 6.18. The van der Waals surface area contributed by atoms with Crippen LogP contribution >= 0.6 is 15.9 Å². The van der Waals surface area contributed by atoms with Crippen LogP contribution in [0.1, 0.15) is 38.2 Å². The fourth-order valence-corrected chi connectivity index (χ4v) is 3.01. The minimum atomic E-state index is 0.199. The van der Waals surface area contributed by atoms with Crippen LogP contribution in [0.5, 0.6) is 0 Å². The number of nitrogens with one attached hydrogen (secondary N) is 2. The van der Waals surface area contributed by atoms with Gasteiger partial charge in [-0.3, -0.25) is 4.79 Å². The van der Waals surface area contributed by atoms with Crippen molar-refractivity contribution in [3.8, 4) is 0 Å². The Hall–Kier alpha value is -0.870. The third-order valence-electron chi connectivity index (χ3n) is 4.13. The molecule has 2 N–H and O–H groups in total. The molecule has 0 bridgehead atoms. The SMILES string of the molecule is CC(CCc1ccc(Br)cc1)NC(=O)CCC1CCNC1. The van der Waals surface area contributed by atoms with Crippen LogP contribution in [0.25, 0.3) is 0 Å². The van der Waals surface area contributed by atoms with Crippen LogP contribution < -0.4 is 10.6 Å². The number of carbonyl (C=O) groups excluding carboxylic acids is 1. The van der Waals surface area contributed by atoms with Gasteiger partial charge < -0.3 is 10.6 Å². The van der Waals surface area contributed by atoms with Crippen molar-refractivity contribution in [1.29, 1.82) is 0 Å². The molecule has 21 heavy (non-hydrogen) atoms. The Kier molecular flexibility index (Phi) is 6.71. The van der Waals surface area contributed by atoms with E-state index < -0.39 is 0 Å². The minimum absolute atomic E-state index is 0.199. The molecule has 1 fully saturated rings. The van der Waals surface area contributed by atoms with Crippen LogP contribution in [0.4, 0.5) is 0 Å². The first-order valence-corrected chi connectivity index (χ1v) is 8.67. The highest BCUT2D eigenvalue weighted by Gasteiger charge is 2.16. The largest absolute Gasteiger partial charge is 0.354 e. The van der Waals surface area contributed by atoms with Crippen molar-refractivity contribution in [1.82, 2.24) is 10.6 Å². The number of rotatable bonds is 7. The van der Waals surface area contributed by atoms with Crippen molar-refractivity contribution in [2.75, 3.05) is 13.1 Å². The van der Waals surface area contributed by atoms with Crippen molar-refractivity contribution < 1.29 is 4.79 Å². The van der Waals surface area contributed by atoms with Crippen LogP contribution in [0, 0.1) is 5.92 Å². The number of halogens is 1. The van der Waals surface area contributed by atoms with E-state index in [2.05, 4.69) is 57.8 Å². The Morgan fingerprint density at radius 3 is 2.86 bits per heavy atom. The molecule has 0 radical (unpaired) electrons. The zero-order valence-corrected chi connectivity index (χ0v) is 14.3. The normalized spacial score (nSPS) is 19.4. The molecular weight excluding hydrogens is 328 g/mol. The van der Waals surface area contributed by atoms with Gasteiger partial charge in [0, 0.05) is 16.9 Å². The van der Waals surface area contributed by atoms with Gasteiger partial charge in [0.15, 0.2) is 0 Å². The average molecular weight is 353 g/mol. The number of hydrogen-bond acceptors (Lipinski definition) is 2. The zero-order valence-electron chi connectivity index (χ0n) is 12.7. The van der Waals surface area contributed by atoms with Crippen LogP contribution in [-0.4, -0.2) is 25.0 Å². The lowest BCUT2D eigenvalue weighted by Crippen LogP contribution is -2.33. The molecule has 0 aliphatic carbocycles. The first kappa shape index (κ1) is 16.5. The summed E-state index contributed by atoms with van der Waals surface area (Å²) in [6.07, 6.45) is 4.87. The molecular formula is C17H25BrN2O. The maximum Gasteiger partial charge on any atom is 0.220 e. The van der Waals surface area contributed by atoms with Gasteiger partial charge in [0.1, 0.15) is 0 Å². The van der Waals surface area contributed by atoms with Crippen molar-refractivity contribution in [3.63, 3.8) is 0 Å². The van der Waals surface area contributed by atoms with E-state index in [0.717, 1.165) is 36.8 Å². The molecule has 2 rings (SSSR count). The lowest BCUT2D eigenvalue weighted by Gasteiger charge is -2.15. The summed E-state index contributed by atoms with van der Waals surface area (Å²) in [4.78, 5) is 11.9. The quantitative estimate of drug-likeness (QED) is 0.790. The highest BCUT2D eigenvalue weighted by molar-refractivity contribution is 9.10. The van der Waals surface area contributed by atoms with Crippen LogP contribution in [0.15, 0.2) is 28.7 Å².